The zero-order chi connectivity index (χ0) is 11.5. The van der Waals surface area contributed by atoms with Gasteiger partial charge in [0.1, 0.15) is 0 Å². The number of fused-ring (bicyclic) bond motifs is 2. The molecule has 3 nitrogen and oxygen atoms in total. The monoisotopic (exact) mass is 212 g/mol. The minimum absolute atomic E-state index is 0.138. The smallest absolute Gasteiger partial charge is 0.312 e. The van der Waals surface area contributed by atoms with Gasteiger partial charge in [0.15, 0.2) is 0 Å². The van der Waals surface area contributed by atoms with Crippen molar-refractivity contribution >= 4 is 5.97 Å². The van der Waals surface area contributed by atoms with Gasteiger partial charge in [0, 0.05) is 0 Å². The molecule has 2 fully saturated rings. The molecule has 0 radical (unpaired) electrons. The molecule has 0 aliphatic heterocycles. The second-order valence-electron chi connectivity index (χ2n) is 5.84. The van der Waals surface area contributed by atoms with Crippen LogP contribution in [0.4, 0.5) is 0 Å². The van der Waals surface area contributed by atoms with Crippen LogP contribution in [0, 0.1) is 16.2 Å². The van der Waals surface area contributed by atoms with Crippen LogP contribution < -0.4 is 0 Å². The number of aliphatic hydroxyl groups is 1. The van der Waals surface area contributed by atoms with E-state index in [1.54, 1.807) is 0 Å². The fourth-order valence-electron chi connectivity index (χ4n) is 3.78. The van der Waals surface area contributed by atoms with Crippen LogP contribution in [0.1, 0.15) is 40.0 Å². The zero-order valence-electron chi connectivity index (χ0n) is 9.96. The molecule has 0 aromatic carbocycles. The van der Waals surface area contributed by atoms with E-state index in [0.29, 0.717) is 6.42 Å². The summed E-state index contributed by atoms with van der Waals surface area (Å²) in [7, 11) is 1.44. The van der Waals surface area contributed by atoms with Crippen molar-refractivity contribution in [1.29, 1.82) is 0 Å². The van der Waals surface area contributed by atoms with E-state index in [4.69, 9.17) is 4.74 Å². The number of hydrogen-bond acceptors (Lipinski definition) is 3. The van der Waals surface area contributed by atoms with Gasteiger partial charge in [0.2, 0.25) is 0 Å². The van der Waals surface area contributed by atoms with E-state index in [0.717, 1.165) is 12.8 Å². The first-order chi connectivity index (χ1) is 6.82. The van der Waals surface area contributed by atoms with Gasteiger partial charge < -0.3 is 9.84 Å². The van der Waals surface area contributed by atoms with E-state index in [-0.39, 0.29) is 22.9 Å². The highest BCUT2D eigenvalue weighted by atomic mass is 16.5. The highest BCUT2D eigenvalue weighted by Gasteiger charge is 2.72. The second-order valence-corrected chi connectivity index (χ2v) is 5.84. The third-order valence-electron chi connectivity index (χ3n) is 5.55. The minimum Gasteiger partial charge on any atom is -0.469 e. The summed E-state index contributed by atoms with van der Waals surface area (Å²) in [5.41, 5.74) is -0.774. The molecule has 0 amide bonds. The molecule has 0 aromatic rings. The molecular formula is C12H20O3. The van der Waals surface area contributed by atoms with Gasteiger partial charge >= 0.3 is 5.97 Å². The summed E-state index contributed by atoms with van der Waals surface area (Å²) >= 11 is 0. The molecular weight excluding hydrogens is 192 g/mol. The van der Waals surface area contributed by atoms with E-state index in [1.807, 2.05) is 0 Å². The molecule has 2 rings (SSSR count). The highest BCUT2D eigenvalue weighted by molar-refractivity contribution is 5.79. The molecule has 3 atom stereocenters. The third kappa shape index (κ3) is 0.930. The Bertz CT molecular complexity index is 310. The van der Waals surface area contributed by atoms with Gasteiger partial charge in [-0.1, -0.05) is 20.8 Å². The van der Waals surface area contributed by atoms with Gasteiger partial charge in [-0.2, -0.15) is 0 Å². The predicted octanol–water partition coefficient (Wildman–Crippen LogP) is 1.74. The maximum atomic E-state index is 12.0. The predicted molar refractivity (Wildman–Crippen MR) is 56.2 cm³/mol. The molecule has 2 aliphatic carbocycles. The number of hydrogen-bond donors (Lipinski definition) is 1. The van der Waals surface area contributed by atoms with Crippen molar-refractivity contribution in [2.45, 2.75) is 46.1 Å². The van der Waals surface area contributed by atoms with Gasteiger partial charge in [-0.25, -0.2) is 0 Å². The quantitative estimate of drug-likeness (QED) is 0.673. The van der Waals surface area contributed by atoms with E-state index >= 15 is 0 Å². The fraction of sp³-hybridized carbons (Fsp3) is 0.917. The van der Waals surface area contributed by atoms with Crippen molar-refractivity contribution in [1.82, 2.24) is 0 Å². The molecule has 0 heterocycles. The van der Waals surface area contributed by atoms with Gasteiger partial charge in [0.25, 0.3) is 0 Å². The van der Waals surface area contributed by atoms with Crippen molar-refractivity contribution in [3.05, 3.63) is 0 Å². The summed E-state index contributed by atoms with van der Waals surface area (Å²) in [6, 6.07) is 0. The van der Waals surface area contributed by atoms with Crippen LogP contribution in [0.3, 0.4) is 0 Å². The summed E-state index contributed by atoms with van der Waals surface area (Å²) in [4.78, 5) is 12.0. The third-order valence-corrected chi connectivity index (χ3v) is 5.55. The average molecular weight is 212 g/mol. The van der Waals surface area contributed by atoms with Crippen LogP contribution in [-0.4, -0.2) is 24.3 Å². The molecule has 0 aromatic heterocycles. The lowest BCUT2D eigenvalue weighted by atomic mass is 9.65. The molecule has 15 heavy (non-hydrogen) atoms. The number of rotatable bonds is 1. The van der Waals surface area contributed by atoms with Crippen molar-refractivity contribution in [2.75, 3.05) is 7.11 Å². The standard InChI is InChI=1S/C12H20O3/c1-10(2)11(3)5-6-12(10,7-8(11)13)9(14)15-4/h8,13H,5-7H2,1-4H3. The van der Waals surface area contributed by atoms with Gasteiger partial charge in [-0.3, -0.25) is 4.79 Å². The van der Waals surface area contributed by atoms with Crippen molar-refractivity contribution < 1.29 is 14.6 Å². The molecule has 1 N–H and O–H groups in total. The van der Waals surface area contributed by atoms with Crippen LogP contribution in [0.5, 0.6) is 0 Å². The molecule has 0 spiro atoms. The van der Waals surface area contributed by atoms with Crippen molar-refractivity contribution in [3.63, 3.8) is 0 Å². The largest absolute Gasteiger partial charge is 0.469 e. The summed E-state index contributed by atoms with van der Waals surface area (Å²) in [5, 5.41) is 10.1. The molecule has 3 heteroatoms. The van der Waals surface area contributed by atoms with Crippen LogP contribution in [0.25, 0.3) is 0 Å². The summed E-state index contributed by atoms with van der Waals surface area (Å²) in [5.74, 6) is -0.146. The lowest BCUT2D eigenvalue weighted by molar-refractivity contribution is -0.158. The Morgan fingerprint density at radius 3 is 2.27 bits per heavy atom. The number of carbonyl (C=O) groups excluding carboxylic acids is 1. The van der Waals surface area contributed by atoms with E-state index < -0.39 is 5.41 Å². The van der Waals surface area contributed by atoms with Gasteiger partial charge in [-0.15, -0.1) is 0 Å². The Balaban J connectivity index is 2.49. The van der Waals surface area contributed by atoms with Crippen LogP contribution in [0.15, 0.2) is 0 Å². The van der Waals surface area contributed by atoms with Crippen molar-refractivity contribution in [2.24, 2.45) is 16.2 Å². The molecule has 86 valence electrons. The topological polar surface area (TPSA) is 46.5 Å². The Hall–Kier alpha value is -0.570. The van der Waals surface area contributed by atoms with E-state index in [9.17, 15) is 9.90 Å². The molecule has 3 unspecified atom stereocenters. The summed E-state index contributed by atoms with van der Waals surface area (Å²) in [6.45, 7) is 6.27. The average Bonchev–Trinajstić information content (AvgIpc) is 2.47. The first-order valence-electron chi connectivity index (χ1n) is 5.58. The Morgan fingerprint density at radius 1 is 1.33 bits per heavy atom. The Morgan fingerprint density at radius 2 is 1.93 bits per heavy atom. The van der Waals surface area contributed by atoms with Gasteiger partial charge in [-0.05, 0) is 30.1 Å². The Labute approximate surface area is 90.8 Å². The minimum atomic E-state index is -0.462. The number of carbonyl (C=O) groups is 1. The zero-order valence-corrected chi connectivity index (χ0v) is 9.96. The lowest BCUT2D eigenvalue weighted by Gasteiger charge is -2.39. The SMILES string of the molecule is COC(=O)C12CCC(C)(C(O)C1)C2(C)C. The molecule has 2 aliphatic rings. The number of esters is 1. The number of aliphatic hydroxyl groups excluding tert-OH is 1. The molecule has 2 bridgehead atoms. The van der Waals surface area contributed by atoms with E-state index in [2.05, 4.69) is 20.8 Å². The van der Waals surface area contributed by atoms with E-state index in [1.165, 1.54) is 7.11 Å². The number of methoxy groups -OCH3 is 1. The normalized spacial score (nSPS) is 46.9. The molecule has 2 saturated carbocycles. The second kappa shape index (κ2) is 2.76. The first kappa shape index (κ1) is 10.9. The molecule has 0 saturated heterocycles. The lowest BCUT2D eigenvalue weighted by Crippen LogP contribution is -2.41. The van der Waals surface area contributed by atoms with Crippen LogP contribution in [0.2, 0.25) is 0 Å². The number of ether oxygens (including phenoxy) is 1. The highest BCUT2D eigenvalue weighted by Crippen LogP contribution is 2.72. The summed E-state index contributed by atoms with van der Waals surface area (Å²) < 4.78 is 4.93. The first-order valence-corrected chi connectivity index (χ1v) is 5.58. The van der Waals surface area contributed by atoms with Crippen molar-refractivity contribution in [3.8, 4) is 0 Å². The van der Waals surface area contributed by atoms with Crippen LogP contribution >= 0.6 is 0 Å². The fourth-order valence-corrected chi connectivity index (χ4v) is 3.78. The van der Waals surface area contributed by atoms with Gasteiger partial charge in [0.05, 0.1) is 18.6 Å². The van der Waals surface area contributed by atoms with Crippen LogP contribution in [-0.2, 0) is 9.53 Å². The maximum absolute atomic E-state index is 12.0. The maximum Gasteiger partial charge on any atom is 0.312 e. The summed E-state index contributed by atoms with van der Waals surface area (Å²) in [6.07, 6.45) is 1.94. The Kier molecular flexibility index (Phi) is 2.01.